The molecule has 2 aliphatic rings. The number of alkyl halides is 1. The lowest BCUT2D eigenvalue weighted by molar-refractivity contribution is -0.0647. The van der Waals surface area contributed by atoms with Crippen molar-refractivity contribution < 1.29 is 56.8 Å². The van der Waals surface area contributed by atoms with Crippen molar-refractivity contribution >= 4 is 55.8 Å². The number of nitrogens with two attached hydrogens (primary N) is 3. The Morgan fingerprint density at radius 1 is 0.978 bits per heavy atom. The molecule has 2 fully saturated rings. The minimum Gasteiger partial charge on any atom is -0.394 e. The zero-order valence-corrected chi connectivity index (χ0v) is 25.0. The lowest BCUT2D eigenvalue weighted by Crippen LogP contribution is -2.36. The Kier molecular flexibility index (Phi) is 8.82. The van der Waals surface area contributed by atoms with Crippen LogP contribution in [0.5, 0.6) is 0 Å². The number of phosphoric acid groups is 1. The van der Waals surface area contributed by atoms with Gasteiger partial charge in [0.1, 0.15) is 47.9 Å². The largest absolute Gasteiger partial charge is 0.534 e. The van der Waals surface area contributed by atoms with Gasteiger partial charge in [-0.15, -0.1) is 0 Å². The van der Waals surface area contributed by atoms with Gasteiger partial charge in [0.25, 0.3) is 6.35 Å². The normalized spacial score (nSPS) is 29.9. The number of halogens is 1. The van der Waals surface area contributed by atoms with Crippen molar-refractivity contribution in [1.29, 1.82) is 0 Å². The summed E-state index contributed by atoms with van der Waals surface area (Å²) >= 11 is 0. The molecule has 0 saturated carbocycles. The molecule has 6 rings (SSSR count). The van der Waals surface area contributed by atoms with E-state index in [1.54, 1.807) is 0 Å². The molecular formula is C21H27FN11O11P2+. The van der Waals surface area contributed by atoms with Crippen LogP contribution < -0.4 is 17.2 Å². The number of ether oxygens (including phenoxy) is 3. The van der Waals surface area contributed by atoms with E-state index in [4.69, 9.17) is 40.5 Å². The molecule has 6 heterocycles. The van der Waals surface area contributed by atoms with Crippen LogP contribution in [-0.2, 0) is 32.4 Å². The molecular weight excluding hydrogens is 663 g/mol. The molecule has 0 bridgehead atoms. The van der Waals surface area contributed by atoms with Crippen LogP contribution in [0, 0.1) is 0 Å². The van der Waals surface area contributed by atoms with Gasteiger partial charge in [-0.2, -0.15) is 14.9 Å². The smallest absolute Gasteiger partial charge is 0.394 e. The topological polar surface area (TPSA) is 326 Å². The molecule has 4 aromatic rings. The van der Waals surface area contributed by atoms with Gasteiger partial charge in [-0.05, 0) is 4.57 Å². The molecule has 0 radical (unpaired) electrons. The highest BCUT2D eigenvalue weighted by molar-refractivity contribution is 7.47. The Bertz CT molecular complexity index is 1820. The molecule has 22 nitrogen and oxygen atoms in total. The van der Waals surface area contributed by atoms with Crippen molar-refractivity contribution in [3.05, 3.63) is 19.0 Å². The molecule has 0 aromatic carbocycles. The second-order valence-electron chi connectivity index (χ2n) is 10.1. The standard InChI is InChI=1S/C21H26FN11O11P2/c22-9-13(40-6-45(36)37)8(43-19(9)33-5-29-11-16(24)30-21(25)31-18(11)33)2-41-46(38,39)44-14-12(35)7(1-34)42-20(14)32-4-28-10-15(23)26-3-27-17(10)32/h3-5,7-9,12-14,19-20,34-35H,1-2,6H2,(H7-,23,24,25,26,27,30,31,36,37,38,39)/p+1/t7-,8-,9?,12?,13?,14?,19-,20-/m1/s1. The fourth-order valence-electron chi connectivity index (χ4n) is 5.16. The quantitative estimate of drug-likeness (QED) is 0.0878. The summed E-state index contributed by atoms with van der Waals surface area (Å²) in [6.07, 6.45) is -9.82. The number of rotatable bonds is 11. The molecule has 0 spiro atoms. The Morgan fingerprint density at radius 2 is 1.65 bits per heavy atom. The van der Waals surface area contributed by atoms with Crippen molar-refractivity contribution in [1.82, 2.24) is 39.0 Å². The minimum atomic E-state index is -5.14. The van der Waals surface area contributed by atoms with Gasteiger partial charge < -0.3 is 46.5 Å². The number of aliphatic hydroxyl groups excluding tert-OH is 2. The summed E-state index contributed by atoms with van der Waals surface area (Å²) < 4.78 is 69.9. The van der Waals surface area contributed by atoms with Crippen molar-refractivity contribution in [3.63, 3.8) is 0 Å². The molecule has 0 aliphatic carbocycles. The van der Waals surface area contributed by atoms with Gasteiger partial charge in [0, 0.05) is 0 Å². The molecule has 2 aliphatic heterocycles. The maximum Gasteiger partial charge on any atom is 0.534 e. The second kappa shape index (κ2) is 12.5. The SMILES string of the molecule is Nc1nc(N)c2ncn([C@@H]3O[C@H](COP(=O)(O)OC4C(O)[C@@H](CO)O[C@H]4n4cnc5c(N)ncnc54)C(OC[P+](=O)O)C3F)c2n1. The molecule has 248 valence electrons. The Balaban J connectivity index is 1.22. The Hall–Kier alpha value is -3.60. The third kappa shape index (κ3) is 5.98. The fourth-order valence-corrected chi connectivity index (χ4v) is 6.39. The number of nitrogens with zero attached hydrogens (tertiary/aromatic N) is 8. The second-order valence-corrected chi connectivity index (χ2v) is 12.4. The first-order chi connectivity index (χ1) is 21.9. The predicted molar refractivity (Wildman–Crippen MR) is 150 cm³/mol. The Labute approximate surface area is 256 Å². The Morgan fingerprint density at radius 3 is 2.35 bits per heavy atom. The summed E-state index contributed by atoms with van der Waals surface area (Å²) in [6.45, 7) is -1.54. The van der Waals surface area contributed by atoms with Gasteiger partial charge in [0.05, 0.1) is 25.9 Å². The molecule has 2 saturated heterocycles. The maximum absolute atomic E-state index is 15.8. The molecule has 10 atom stereocenters. The number of imidazole rings is 2. The highest BCUT2D eigenvalue weighted by atomic mass is 31.2. The number of hydrogen-bond acceptors (Lipinski definition) is 18. The van der Waals surface area contributed by atoms with Crippen molar-refractivity contribution in [2.24, 2.45) is 0 Å². The summed E-state index contributed by atoms with van der Waals surface area (Å²) in [6, 6.07) is 0. The van der Waals surface area contributed by atoms with E-state index >= 15 is 4.39 Å². The third-order valence-electron chi connectivity index (χ3n) is 7.20. The zero-order chi connectivity index (χ0) is 32.9. The summed E-state index contributed by atoms with van der Waals surface area (Å²) in [4.78, 5) is 43.8. The maximum atomic E-state index is 15.8. The predicted octanol–water partition coefficient (Wildman–Crippen LogP) is -1.52. The van der Waals surface area contributed by atoms with E-state index < -0.39 is 84.6 Å². The third-order valence-corrected chi connectivity index (χ3v) is 8.55. The lowest BCUT2D eigenvalue weighted by atomic mass is 10.1. The lowest BCUT2D eigenvalue weighted by Gasteiger charge is -2.25. The van der Waals surface area contributed by atoms with Crippen LogP contribution in [0.25, 0.3) is 22.3 Å². The number of anilines is 3. The summed E-state index contributed by atoms with van der Waals surface area (Å²) in [5, 5.41) is 20.5. The number of aliphatic hydroxyl groups is 2. The van der Waals surface area contributed by atoms with E-state index in [9.17, 15) is 29.1 Å². The van der Waals surface area contributed by atoms with Gasteiger partial charge in [-0.1, -0.05) is 0 Å². The van der Waals surface area contributed by atoms with E-state index in [1.165, 1.54) is 10.9 Å². The molecule has 25 heteroatoms. The number of hydrogen-bond donors (Lipinski definition) is 7. The van der Waals surface area contributed by atoms with Crippen LogP contribution in [-0.4, -0.2) is 115 Å². The first-order valence-corrected chi connectivity index (χ1v) is 16.1. The molecule has 10 N–H and O–H groups in total. The number of phosphoric ester groups is 1. The summed E-state index contributed by atoms with van der Waals surface area (Å²) in [7, 11) is -8.01. The van der Waals surface area contributed by atoms with E-state index in [0.717, 1.165) is 17.2 Å². The molecule has 46 heavy (non-hydrogen) atoms. The monoisotopic (exact) mass is 690 g/mol. The summed E-state index contributed by atoms with van der Waals surface area (Å²) in [5.41, 5.74) is 17.7. The van der Waals surface area contributed by atoms with Gasteiger partial charge in [0.2, 0.25) is 5.95 Å². The zero-order valence-electron chi connectivity index (χ0n) is 23.2. The van der Waals surface area contributed by atoms with E-state index in [0.29, 0.717) is 0 Å². The highest BCUT2D eigenvalue weighted by Crippen LogP contribution is 2.50. The fraction of sp³-hybridized carbons (Fsp3) is 0.524. The van der Waals surface area contributed by atoms with E-state index in [-0.39, 0.29) is 39.9 Å². The van der Waals surface area contributed by atoms with Gasteiger partial charge in [-0.3, -0.25) is 18.2 Å². The average Bonchev–Trinajstić information content (AvgIpc) is 3.76. The van der Waals surface area contributed by atoms with Crippen LogP contribution in [0.15, 0.2) is 19.0 Å². The first kappa shape index (κ1) is 32.3. The highest BCUT2D eigenvalue weighted by Gasteiger charge is 2.52. The van der Waals surface area contributed by atoms with Gasteiger partial charge in [-0.25, -0.2) is 28.9 Å². The summed E-state index contributed by atoms with van der Waals surface area (Å²) in [5.74, 6) is -0.290. The van der Waals surface area contributed by atoms with Crippen molar-refractivity contribution in [3.8, 4) is 0 Å². The minimum absolute atomic E-state index is 0.00104. The van der Waals surface area contributed by atoms with E-state index in [1.807, 2.05) is 0 Å². The van der Waals surface area contributed by atoms with Gasteiger partial charge in [0.15, 0.2) is 41.6 Å². The number of fused-ring (bicyclic) bond motifs is 2. The number of nitrogen functional groups attached to an aromatic ring is 3. The molecule has 6 unspecified atom stereocenters. The van der Waals surface area contributed by atoms with Crippen LogP contribution in [0.3, 0.4) is 0 Å². The van der Waals surface area contributed by atoms with Crippen LogP contribution in [0.1, 0.15) is 12.5 Å². The van der Waals surface area contributed by atoms with Crippen LogP contribution in [0.4, 0.5) is 22.0 Å². The number of aromatic nitrogens is 8. The first-order valence-electron chi connectivity index (χ1n) is 13.2. The molecule has 4 aromatic heterocycles. The van der Waals surface area contributed by atoms with Crippen molar-refractivity contribution in [2.75, 3.05) is 36.8 Å². The molecule has 0 amide bonds. The van der Waals surface area contributed by atoms with Crippen LogP contribution >= 0.6 is 15.9 Å². The average molecular weight is 690 g/mol. The van der Waals surface area contributed by atoms with Crippen LogP contribution in [0.2, 0.25) is 0 Å². The van der Waals surface area contributed by atoms with Gasteiger partial charge >= 0.3 is 15.9 Å². The van der Waals surface area contributed by atoms with E-state index in [2.05, 4.69) is 29.9 Å². The van der Waals surface area contributed by atoms with Crippen molar-refractivity contribution in [2.45, 2.75) is 49.1 Å².